The van der Waals surface area contributed by atoms with Crippen LogP contribution in [-0.2, 0) is 20.8 Å². The van der Waals surface area contributed by atoms with E-state index in [1.807, 2.05) is 50.5 Å². The Labute approximate surface area is 158 Å². The normalized spacial score (nSPS) is 15.9. The van der Waals surface area contributed by atoms with Crippen LogP contribution in [0, 0.1) is 0 Å². The summed E-state index contributed by atoms with van der Waals surface area (Å²) in [6.45, 7) is 9.52. The standard InChI is InChI=1S/C16H22NO3.C2H6.BF4/c1-3-19-15-11-10-14(16(18)20-4-2)17(15)12-13-8-6-5-7-9-13;1-2;2-1(3,4)5/h5-9,14H,3-4,10-12H2,1-2H3;1-2H3;/q+1;;-1. The highest BCUT2D eigenvalue weighted by Gasteiger charge is 2.40. The van der Waals surface area contributed by atoms with Crippen molar-refractivity contribution in [3.8, 4) is 0 Å². The van der Waals surface area contributed by atoms with Crippen molar-refractivity contribution >= 4 is 19.1 Å². The largest absolute Gasteiger partial charge is 0.673 e. The van der Waals surface area contributed by atoms with Gasteiger partial charge in [0.2, 0.25) is 0 Å². The van der Waals surface area contributed by atoms with E-state index in [1.165, 1.54) is 5.56 Å². The lowest BCUT2D eigenvalue weighted by molar-refractivity contribution is -0.569. The molecule has 0 bridgehead atoms. The molecule has 0 spiro atoms. The Balaban J connectivity index is 0.000000838. The lowest BCUT2D eigenvalue weighted by Crippen LogP contribution is -2.34. The van der Waals surface area contributed by atoms with Gasteiger partial charge in [-0.2, -0.15) is 4.58 Å². The Morgan fingerprint density at radius 3 is 2.15 bits per heavy atom. The summed E-state index contributed by atoms with van der Waals surface area (Å²) in [5.74, 6) is 0.743. The number of benzene rings is 1. The number of ether oxygens (including phenoxy) is 2. The fourth-order valence-corrected chi connectivity index (χ4v) is 2.52. The number of carbonyl (C=O) groups excluding carboxylic acids is 1. The van der Waals surface area contributed by atoms with Gasteiger partial charge in [-0.05, 0) is 13.8 Å². The number of hydrogen-bond acceptors (Lipinski definition) is 3. The molecule has 0 saturated carbocycles. The highest BCUT2D eigenvalue weighted by molar-refractivity contribution is 6.50. The van der Waals surface area contributed by atoms with Crippen LogP contribution in [0.4, 0.5) is 17.3 Å². The number of nitrogens with zero attached hydrogens (tertiary/aromatic N) is 1. The van der Waals surface area contributed by atoms with E-state index in [-0.39, 0.29) is 12.0 Å². The van der Waals surface area contributed by atoms with Crippen molar-refractivity contribution in [2.75, 3.05) is 13.2 Å². The van der Waals surface area contributed by atoms with Crippen molar-refractivity contribution in [1.82, 2.24) is 0 Å². The van der Waals surface area contributed by atoms with Crippen LogP contribution < -0.4 is 0 Å². The highest BCUT2D eigenvalue weighted by atomic mass is 19.5. The highest BCUT2D eigenvalue weighted by Crippen LogP contribution is 2.18. The smallest absolute Gasteiger partial charge is 0.461 e. The molecule has 1 atom stereocenters. The molecule has 4 nitrogen and oxygen atoms in total. The molecule has 1 aliphatic rings. The minimum absolute atomic E-state index is 0.155. The van der Waals surface area contributed by atoms with E-state index >= 15 is 0 Å². The van der Waals surface area contributed by atoms with E-state index in [4.69, 9.17) is 9.47 Å². The van der Waals surface area contributed by atoms with Crippen LogP contribution in [0.5, 0.6) is 0 Å². The van der Waals surface area contributed by atoms with Gasteiger partial charge >= 0.3 is 19.1 Å². The minimum Gasteiger partial charge on any atom is -0.461 e. The second kappa shape index (κ2) is 13.2. The summed E-state index contributed by atoms with van der Waals surface area (Å²) in [6.07, 6.45) is 1.56. The van der Waals surface area contributed by atoms with E-state index in [2.05, 4.69) is 12.1 Å². The first-order valence-electron chi connectivity index (χ1n) is 9.09. The third-order valence-electron chi connectivity index (χ3n) is 3.39. The molecule has 0 amide bonds. The second-order valence-corrected chi connectivity index (χ2v) is 5.24. The Bertz CT molecular complexity index is 574. The van der Waals surface area contributed by atoms with Crippen LogP contribution in [0.1, 0.15) is 46.1 Å². The van der Waals surface area contributed by atoms with Crippen molar-refractivity contribution < 1.29 is 36.1 Å². The van der Waals surface area contributed by atoms with Crippen molar-refractivity contribution in [1.29, 1.82) is 0 Å². The summed E-state index contributed by atoms with van der Waals surface area (Å²) in [7, 11) is -6.00. The Kier molecular flexibility index (Phi) is 12.2. The number of esters is 1. The van der Waals surface area contributed by atoms with Gasteiger partial charge in [-0.1, -0.05) is 44.2 Å². The Morgan fingerprint density at radius 1 is 1.11 bits per heavy atom. The van der Waals surface area contributed by atoms with Crippen molar-refractivity contribution in [2.45, 2.75) is 53.1 Å². The molecule has 1 aromatic rings. The summed E-state index contributed by atoms with van der Waals surface area (Å²) in [5.41, 5.74) is 1.17. The van der Waals surface area contributed by atoms with E-state index in [9.17, 15) is 22.1 Å². The molecule has 2 rings (SSSR count). The summed E-state index contributed by atoms with van der Waals surface area (Å²) in [6, 6.07) is 9.89. The van der Waals surface area contributed by atoms with Gasteiger partial charge in [-0.25, -0.2) is 4.79 Å². The van der Waals surface area contributed by atoms with Gasteiger partial charge in [0.1, 0.15) is 0 Å². The zero-order valence-corrected chi connectivity index (χ0v) is 16.3. The molecule has 0 aliphatic carbocycles. The van der Waals surface area contributed by atoms with Crippen LogP contribution in [-0.4, -0.2) is 43.0 Å². The third kappa shape index (κ3) is 10.6. The molecule has 27 heavy (non-hydrogen) atoms. The molecule has 1 heterocycles. The Morgan fingerprint density at radius 2 is 1.67 bits per heavy atom. The SMILES string of the molecule is CC.CCOC(=O)C1CCC(OCC)=[N+]1Cc1ccccc1.F[B-](F)(F)F. The zero-order chi connectivity index (χ0) is 20.9. The molecule has 1 unspecified atom stereocenters. The predicted octanol–water partition coefficient (Wildman–Crippen LogP) is 4.69. The van der Waals surface area contributed by atoms with Gasteiger partial charge in [0.25, 0.3) is 6.04 Å². The second-order valence-electron chi connectivity index (χ2n) is 5.24. The van der Waals surface area contributed by atoms with Gasteiger partial charge in [0.15, 0.2) is 6.54 Å². The van der Waals surface area contributed by atoms with Gasteiger partial charge in [-0.15, -0.1) is 0 Å². The molecular weight excluding hydrogens is 365 g/mol. The number of rotatable bonds is 5. The number of hydrogen-bond donors (Lipinski definition) is 0. The fraction of sp³-hybridized carbons (Fsp3) is 0.556. The quantitative estimate of drug-likeness (QED) is 0.316. The number of halogens is 4. The van der Waals surface area contributed by atoms with Crippen LogP contribution in [0.25, 0.3) is 0 Å². The van der Waals surface area contributed by atoms with Gasteiger partial charge in [0.05, 0.1) is 19.6 Å². The molecule has 154 valence electrons. The van der Waals surface area contributed by atoms with Crippen LogP contribution in [0.3, 0.4) is 0 Å². The van der Waals surface area contributed by atoms with Gasteiger partial charge < -0.3 is 26.7 Å². The lowest BCUT2D eigenvalue weighted by Gasteiger charge is -2.10. The molecule has 1 aromatic carbocycles. The lowest BCUT2D eigenvalue weighted by atomic mass is 10.2. The van der Waals surface area contributed by atoms with E-state index in [1.54, 1.807) is 0 Å². The number of carbonyl (C=O) groups is 1. The molecule has 0 fully saturated rings. The maximum Gasteiger partial charge on any atom is 0.673 e. The molecule has 0 radical (unpaired) electrons. The average Bonchev–Trinajstić information content (AvgIpc) is 2.99. The maximum absolute atomic E-state index is 12.1. The predicted molar refractivity (Wildman–Crippen MR) is 98.2 cm³/mol. The molecular formula is C18H28BF4NO3. The molecule has 9 heteroatoms. The average molecular weight is 393 g/mol. The van der Waals surface area contributed by atoms with Gasteiger partial charge in [0, 0.05) is 12.0 Å². The summed E-state index contributed by atoms with van der Waals surface area (Å²) in [4.78, 5) is 12.1. The summed E-state index contributed by atoms with van der Waals surface area (Å²) < 4.78 is 51.9. The molecule has 0 aromatic heterocycles. The van der Waals surface area contributed by atoms with Crippen LogP contribution in [0.15, 0.2) is 30.3 Å². The molecule has 0 saturated heterocycles. The van der Waals surface area contributed by atoms with E-state index in [0.29, 0.717) is 19.8 Å². The molecule has 1 aliphatic heterocycles. The monoisotopic (exact) mass is 393 g/mol. The van der Waals surface area contributed by atoms with E-state index in [0.717, 1.165) is 18.7 Å². The first-order valence-corrected chi connectivity index (χ1v) is 9.09. The maximum atomic E-state index is 12.1. The summed E-state index contributed by atoms with van der Waals surface area (Å²) >= 11 is 0. The topological polar surface area (TPSA) is 38.5 Å². The van der Waals surface area contributed by atoms with Crippen LogP contribution in [0.2, 0.25) is 0 Å². The van der Waals surface area contributed by atoms with Crippen molar-refractivity contribution in [3.05, 3.63) is 35.9 Å². The first kappa shape index (κ1) is 24.9. The zero-order valence-electron chi connectivity index (χ0n) is 16.3. The fourth-order valence-electron chi connectivity index (χ4n) is 2.52. The van der Waals surface area contributed by atoms with Crippen molar-refractivity contribution in [2.24, 2.45) is 0 Å². The minimum atomic E-state index is -6.00. The summed E-state index contributed by atoms with van der Waals surface area (Å²) in [5, 5.41) is 0. The first-order chi connectivity index (χ1) is 12.8. The van der Waals surface area contributed by atoms with Crippen molar-refractivity contribution in [3.63, 3.8) is 0 Å². The van der Waals surface area contributed by atoms with Crippen LogP contribution >= 0.6 is 0 Å². The third-order valence-corrected chi connectivity index (χ3v) is 3.39. The Hall–Kier alpha value is -2.06. The van der Waals surface area contributed by atoms with Gasteiger partial charge in [-0.3, -0.25) is 0 Å². The molecule has 0 N–H and O–H groups in total. The van der Waals surface area contributed by atoms with E-state index < -0.39 is 7.25 Å².